The van der Waals surface area contributed by atoms with Gasteiger partial charge in [0.1, 0.15) is 6.10 Å². The van der Waals surface area contributed by atoms with Crippen LogP contribution in [-0.2, 0) is 9.53 Å². The maximum atomic E-state index is 11.9. The summed E-state index contributed by atoms with van der Waals surface area (Å²) in [6.45, 7) is 6.46. The van der Waals surface area contributed by atoms with Crippen molar-refractivity contribution in [3.63, 3.8) is 0 Å². The third-order valence-corrected chi connectivity index (χ3v) is 10.5. The zero-order valence-electron chi connectivity index (χ0n) is 20.1. The van der Waals surface area contributed by atoms with Gasteiger partial charge in [-0.25, -0.2) is 0 Å². The van der Waals surface area contributed by atoms with Crippen LogP contribution < -0.4 is 0 Å². The Labute approximate surface area is 193 Å². The van der Waals surface area contributed by atoms with Crippen molar-refractivity contribution in [3.8, 4) is 0 Å². The van der Waals surface area contributed by atoms with E-state index in [-0.39, 0.29) is 17.5 Å². The quantitative estimate of drug-likeness (QED) is 0.557. The van der Waals surface area contributed by atoms with Crippen molar-refractivity contribution < 1.29 is 14.6 Å². The van der Waals surface area contributed by atoms with Crippen LogP contribution in [0.25, 0.3) is 6.08 Å². The first-order valence-corrected chi connectivity index (χ1v) is 12.9. The second-order valence-corrected chi connectivity index (χ2v) is 11.8. The molecule has 0 amide bonds. The molecule has 32 heavy (non-hydrogen) atoms. The summed E-state index contributed by atoms with van der Waals surface area (Å²) < 4.78 is 5.62. The topological polar surface area (TPSA) is 46.5 Å². The zero-order valence-corrected chi connectivity index (χ0v) is 20.1. The van der Waals surface area contributed by atoms with Crippen LogP contribution in [0.5, 0.6) is 0 Å². The maximum absolute atomic E-state index is 11.9. The number of ether oxygens (including phenoxy) is 1. The Balaban J connectivity index is 1.35. The van der Waals surface area contributed by atoms with Crippen molar-refractivity contribution in [3.05, 3.63) is 42.0 Å². The molecule has 5 rings (SSSR count). The largest absolute Gasteiger partial charge is 0.463 e. The van der Waals surface area contributed by atoms with Gasteiger partial charge in [0.25, 0.3) is 0 Å². The van der Waals surface area contributed by atoms with Crippen molar-refractivity contribution in [2.45, 2.75) is 90.3 Å². The summed E-state index contributed by atoms with van der Waals surface area (Å²) in [7, 11) is 0. The van der Waals surface area contributed by atoms with Crippen LogP contribution >= 0.6 is 0 Å². The molecular weight excluding hydrogens is 396 g/mol. The predicted molar refractivity (Wildman–Crippen MR) is 128 cm³/mol. The van der Waals surface area contributed by atoms with Crippen LogP contribution in [0.1, 0.15) is 84.1 Å². The van der Waals surface area contributed by atoms with Crippen LogP contribution in [0, 0.1) is 34.5 Å². The lowest BCUT2D eigenvalue weighted by Crippen LogP contribution is -2.56. The highest BCUT2D eigenvalue weighted by molar-refractivity contribution is 5.66. The molecule has 0 heterocycles. The summed E-state index contributed by atoms with van der Waals surface area (Å²) in [5.41, 5.74) is 0.793. The number of esters is 1. The number of carbonyl (C=O) groups is 1. The van der Waals surface area contributed by atoms with Gasteiger partial charge in [-0.3, -0.25) is 4.79 Å². The average molecular weight is 437 g/mol. The van der Waals surface area contributed by atoms with Gasteiger partial charge in [-0.15, -0.1) is 0 Å². The number of hydrogen-bond acceptors (Lipinski definition) is 3. The predicted octanol–water partition coefficient (Wildman–Crippen LogP) is 6.41. The molecular formula is C29H40O3. The molecule has 174 valence electrons. The fourth-order valence-corrected chi connectivity index (χ4v) is 8.68. The van der Waals surface area contributed by atoms with Gasteiger partial charge in [-0.05, 0) is 92.4 Å². The highest BCUT2D eigenvalue weighted by atomic mass is 16.5. The summed E-state index contributed by atoms with van der Waals surface area (Å²) in [4.78, 5) is 11.5. The summed E-state index contributed by atoms with van der Waals surface area (Å²) in [6.07, 6.45) is 14.5. The first kappa shape index (κ1) is 22.2. The van der Waals surface area contributed by atoms with Crippen molar-refractivity contribution in [2.24, 2.45) is 34.5 Å². The minimum Gasteiger partial charge on any atom is -0.463 e. The van der Waals surface area contributed by atoms with E-state index < -0.39 is 5.60 Å². The first-order chi connectivity index (χ1) is 15.3. The van der Waals surface area contributed by atoms with Gasteiger partial charge in [0, 0.05) is 12.3 Å². The van der Waals surface area contributed by atoms with Gasteiger partial charge in [-0.1, -0.05) is 56.3 Å². The number of rotatable bonds is 3. The van der Waals surface area contributed by atoms with Crippen LogP contribution in [0.4, 0.5) is 0 Å². The summed E-state index contributed by atoms with van der Waals surface area (Å²) in [6, 6.07) is 10.4. The SMILES string of the molecule is CC(=O)O[C@@H]1CC[C@@]2(C)[C@H](CC[C@@H]3[C@@H]2CC[C@@]2(C)[C@H]3CC[C@@]2(O)/C=C/c2ccccc2)C1. The summed E-state index contributed by atoms with van der Waals surface area (Å²) in [5.74, 6) is 2.62. The van der Waals surface area contributed by atoms with E-state index in [1.54, 1.807) is 6.92 Å². The normalized spacial score (nSPS) is 45.7. The van der Waals surface area contributed by atoms with E-state index >= 15 is 0 Å². The molecule has 3 heteroatoms. The number of aliphatic hydroxyl groups is 1. The minimum atomic E-state index is -0.705. The van der Waals surface area contributed by atoms with Crippen molar-refractivity contribution in [1.82, 2.24) is 0 Å². The molecule has 4 fully saturated rings. The second-order valence-electron chi connectivity index (χ2n) is 11.8. The molecule has 0 saturated heterocycles. The molecule has 1 aromatic rings. The lowest BCUT2D eigenvalue weighted by molar-refractivity contribution is -0.164. The minimum absolute atomic E-state index is 0.0302. The average Bonchev–Trinajstić information content (AvgIpc) is 3.04. The van der Waals surface area contributed by atoms with Gasteiger partial charge in [-0.2, -0.15) is 0 Å². The number of hydrogen-bond donors (Lipinski definition) is 1. The van der Waals surface area contributed by atoms with Gasteiger partial charge in [0.15, 0.2) is 0 Å². The number of fused-ring (bicyclic) bond motifs is 5. The monoisotopic (exact) mass is 436 g/mol. The summed E-state index contributed by atoms with van der Waals surface area (Å²) >= 11 is 0. The van der Waals surface area contributed by atoms with Crippen molar-refractivity contribution in [2.75, 3.05) is 0 Å². The van der Waals surface area contributed by atoms with Crippen molar-refractivity contribution >= 4 is 12.0 Å². The Bertz CT molecular complexity index is 878. The molecule has 1 N–H and O–H groups in total. The Kier molecular flexibility index (Phi) is 5.55. The first-order valence-electron chi connectivity index (χ1n) is 12.9. The molecule has 0 bridgehead atoms. The molecule has 0 spiro atoms. The van der Waals surface area contributed by atoms with Crippen LogP contribution in [0.2, 0.25) is 0 Å². The lowest BCUT2D eigenvalue weighted by Gasteiger charge is -2.61. The molecule has 1 aromatic carbocycles. The highest BCUT2D eigenvalue weighted by Crippen LogP contribution is 2.68. The molecule has 4 saturated carbocycles. The fourth-order valence-electron chi connectivity index (χ4n) is 8.68. The fraction of sp³-hybridized carbons (Fsp3) is 0.690. The van der Waals surface area contributed by atoms with E-state index in [0.29, 0.717) is 17.3 Å². The second kappa shape index (κ2) is 8.01. The van der Waals surface area contributed by atoms with Gasteiger partial charge >= 0.3 is 5.97 Å². The zero-order chi connectivity index (χ0) is 22.6. The highest BCUT2D eigenvalue weighted by Gasteiger charge is 2.64. The van der Waals surface area contributed by atoms with Crippen LogP contribution in [-0.4, -0.2) is 22.8 Å². The Morgan fingerprint density at radius 3 is 2.50 bits per heavy atom. The van der Waals surface area contributed by atoms with Crippen LogP contribution in [0.15, 0.2) is 36.4 Å². The standard InChI is InChI=1S/C29H40O3/c1-20(30)32-23-12-15-27(2)22(19-23)9-10-24-25(27)13-16-28(3)26(24)14-18-29(28,31)17-11-21-7-5-4-6-8-21/h4-8,11,17,22-26,31H,9-10,12-16,18-19H2,1-3H3/b17-11+/t22-,23-,24-,25+,26+,27+,28+,29+/m1/s1. The van der Waals surface area contributed by atoms with E-state index in [0.717, 1.165) is 43.9 Å². The lowest BCUT2D eigenvalue weighted by atomic mass is 9.44. The van der Waals surface area contributed by atoms with Crippen LogP contribution in [0.3, 0.4) is 0 Å². The van der Waals surface area contributed by atoms with E-state index in [1.165, 1.54) is 31.2 Å². The molecule has 8 atom stereocenters. The molecule has 3 nitrogen and oxygen atoms in total. The van der Waals surface area contributed by atoms with E-state index in [4.69, 9.17) is 4.74 Å². The number of benzene rings is 1. The molecule has 4 aliphatic carbocycles. The smallest absolute Gasteiger partial charge is 0.302 e. The molecule has 0 aliphatic heterocycles. The third-order valence-electron chi connectivity index (χ3n) is 10.5. The van der Waals surface area contributed by atoms with Gasteiger partial charge < -0.3 is 9.84 Å². The van der Waals surface area contributed by atoms with Crippen molar-refractivity contribution in [1.29, 1.82) is 0 Å². The molecule has 4 aliphatic rings. The molecule has 0 radical (unpaired) electrons. The van der Waals surface area contributed by atoms with Gasteiger partial charge in [0.05, 0.1) is 5.60 Å². The Morgan fingerprint density at radius 1 is 1.00 bits per heavy atom. The Morgan fingerprint density at radius 2 is 1.75 bits per heavy atom. The third kappa shape index (κ3) is 3.47. The maximum Gasteiger partial charge on any atom is 0.302 e. The van der Waals surface area contributed by atoms with E-state index in [1.807, 2.05) is 6.07 Å². The van der Waals surface area contributed by atoms with Gasteiger partial charge in [0.2, 0.25) is 0 Å². The summed E-state index contributed by atoms with van der Waals surface area (Å²) in [5, 5.41) is 11.9. The van der Waals surface area contributed by atoms with E-state index in [2.05, 4.69) is 50.3 Å². The molecule has 0 unspecified atom stereocenters. The number of carbonyl (C=O) groups excluding carboxylic acids is 1. The molecule has 0 aromatic heterocycles. The van der Waals surface area contributed by atoms with E-state index in [9.17, 15) is 9.90 Å². The Hall–Kier alpha value is -1.61.